The molecule has 1 rings (SSSR count). The largest absolute Gasteiger partial charge is 0.395 e. The number of benzene rings is 1. The Morgan fingerprint density at radius 1 is 1.42 bits per heavy atom. The molecule has 1 aromatic carbocycles. The van der Waals surface area contributed by atoms with Gasteiger partial charge in [-0.3, -0.25) is 4.79 Å². The summed E-state index contributed by atoms with van der Waals surface area (Å²) in [4.78, 5) is 17.9. The molecule has 0 bridgehead atoms. The highest BCUT2D eigenvalue weighted by Crippen LogP contribution is 2.00. The summed E-state index contributed by atoms with van der Waals surface area (Å²) in [6.07, 6.45) is 2.69. The van der Waals surface area contributed by atoms with Crippen LogP contribution in [0.1, 0.15) is 5.56 Å². The van der Waals surface area contributed by atoms with Gasteiger partial charge in [-0.25, -0.2) is 0 Å². The second kappa shape index (κ2) is 8.88. The molecule has 5 heteroatoms. The van der Waals surface area contributed by atoms with Crippen LogP contribution in [0, 0.1) is 0 Å². The Hall–Kier alpha value is -2.14. The Morgan fingerprint density at radius 2 is 2.16 bits per heavy atom. The van der Waals surface area contributed by atoms with E-state index in [0.29, 0.717) is 6.61 Å². The molecule has 0 aliphatic carbocycles. The number of aliphatic hydroxyl groups is 1. The van der Waals surface area contributed by atoms with Crippen LogP contribution in [-0.2, 0) is 16.2 Å². The van der Waals surface area contributed by atoms with Crippen LogP contribution in [0.4, 0.5) is 0 Å². The van der Waals surface area contributed by atoms with Gasteiger partial charge in [-0.2, -0.15) is 0 Å². The van der Waals surface area contributed by atoms with E-state index in [2.05, 4.69) is 11.7 Å². The number of carbonyl (C=O) groups excluding carboxylic acids is 1. The smallest absolute Gasteiger partial charge is 0.246 e. The number of hydrogen-bond acceptors (Lipinski definition) is 4. The van der Waals surface area contributed by atoms with Crippen LogP contribution in [0.5, 0.6) is 0 Å². The Labute approximate surface area is 112 Å². The minimum atomic E-state index is -0.247. The van der Waals surface area contributed by atoms with Crippen molar-refractivity contribution in [3.8, 4) is 0 Å². The molecule has 0 aliphatic rings. The molecular weight excluding hydrogens is 244 g/mol. The van der Waals surface area contributed by atoms with E-state index < -0.39 is 0 Å². The number of amides is 1. The molecule has 0 atom stereocenters. The molecule has 19 heavy (non-hydrogen) atoms. The van der Waals surface area contributed by atoms with Gasteiger partial charge in [-0.15, -0.1) is 0 Å². The summed E-state index contributed by atoms with van der Waals surface area (Å²) in [5.74, 6) is -0.247. The van der Waals surface area contributed by atoms with Gasteiger partial charge in [-0.05, 0) is 11.6 Å². The van der Waals surface area contributed by atoms with Gasteiger partial charge in [0.25, 0.3) is 0 Å². The number of aliphatic hydroxyl groups excluding tert-OH is 1. The van der Waals surface area contributed by atoms with Crippen molar-refractivity contribution in [2.45, 2.75) is 6.61 Å². The van der Waals surface area contributed by atoms with E-state index in [4.69, 9.17) is 9.94 Å². The molecule has 0 unspecified atom stereocenters. The third-order valence-electron chi connectivity index (χ3n) is 2.38. The number of rotatable bonds is 8. The Morgan fingerprint density at radius 3 is 2.79 bits per heavy atom. The third kappa shape index (κ3) is 5.83. The number of nitrogens with zero attached hydrogens (tertiary/aromatic N) is 2. The summed E-state index contributed by atoms with van der Waals surface area (Å²) in [6.45, 7) is 4.21. The van der Waals surface area contributed by atoms with Crippen molar-refractivity contribution >= 4 is 12.1 Å². The van der Waals surface area contributed by atoms with Gasteiger partial charge in [0.2, 0.25) is 5.91 Å². The highest BCUT2D eigenvalue weighted by Gasteiger charge is 2.06. The first-order valence-electron chi connectivity index (χ1n) is 5.98. The van der Waals surface area contributed by atoms with E-state index in [1.807, 2.05) is 30.3 Å². The molecule has 102 valence electrons. The van der Waals surface area contributed by atoms with Gasteiger partial charge >= 0.3 is 0 Å². The van der Waals surface area contributed by atoms with Crippen LogP contribution < -0.4 is 0 Å². The fraction of sp³-hybridized carbons (Fsp3) is 0.286. The van der Waals surface area contributed by atoms with Gasteiger partial charge in [0.1, 0.15) is 6.61 Å². The van der Waals surface area contributed by atoms with Crippen LogP contribution in [0.25, 0.3) is 0 Å². The Balaban J connectivity index is 2.32. The lowest BCUT2D eigenvalue weighted by Gasteiger charge is -2.16. The van der Waals surface area contributed by atoms with Gasteiger partial charge in [0.05, 0.1) is 19.4 Å². The van der Waals surface area contributed by atoms with E-state index in [-0.39, 0.29) is 25.6 Å². The lowest BCUT2D eigenvalue weighted by atomic mass is 10.2. The average molecular weight is 262 g/mol. The minimum Gasteiger partial charge on any atom is -0.395 e. The topological polar surface area (TPSA) is 62.1 Å². The fourth-order valence-electron chi connectivity index (χ4n) is 1.41. The van der Waals surface area contributed by atoms with Crippen LogP contribution in [0.3, 0.4) is 0 Å². The number of carbonyl (C=O) groups is 1. The first-order valence-corrected chi connectivity index (χ1v) is 5.98. The molecule has 0 heterocycles. The van der Waals surface area contributed by atoms with Crippen molar-refractivity contribution in [3.05, 3.63) is 48.6 Å². The maximum Gasteiger partial charge on any atom is 0.246 e. The van der Waals surface area contributed by atoms with Gasteiger partial charge in [0.15, 0.2) is 0 Å². The zero-order valence-electron chi connectivity index (χ0n) is 10.7. The van der Waals surface area contributed by atoms with E-state index in [0.717, 1.165) is 5.56 Å². The summed E-state index contributed by atoms with van der Waals surface area (Å²) in [5, 5.41) is 12.6. The van der Waals surface area contributed by atoms with Gasteiger partial charge in [0, 0.05) is 6.54 Å². The van der Waals surface area contributed by atoms with E-state index >= 15 is 0 Å². The summed E-state index contributed by atoms with van der Waals surface area (Å²) >= 11 is 0. The highest BCUT2D eigenvalue weighted by molar-refractivity contribution is 5.88. The second-order valence-corrected chi connectivity index (χ2v) is 3.76. The molecule has 5 nitrogen and oxygen atoms in total. The Bertz CT molecular complexity index is 418. The van der Waals surface area contributed by atoms with Crippen molar-refractivity contribution < 1.29 is 14.7 Å². The third-order valence-corrected chi connectivity index (χ3v) is 2.38. The molecule has 0 saturated carbocycles. The average Bonchev–Trinajstić information content (AvgIpc) is 2.46. The van der Waals surface area contributed by atoms with Crippen molar-refractivity contribution in [1.82, 2.24) is 4.90 Å². The van der Waals surface area contributed by atoms with E-state index in [1.165, 1.54) is 17.2 Å². The minimum absolute atomic E-state index is 0.0989. The monoisotopic (exact) mass is 262 g/mol. The second-order valence-electron chi connectivity index (χ2n) is 3.76. The number of hydrogen-bond donors (Lipinski definition) is 1. The van der Waals surface area contributed by atoms with E-state index in [1.54, 1.807) is 0 Å². The van der Waals surface area contributed by atoms with Crippen molar-refractivity contribution in [3.63, 3.8) is 0 Å². The van der Waals surface area contributed by atoms with Gasteiger partial charge < -0.3 is 14.8 Å². The molecular formula is C14H18N2O3. The molecule has 0 spiro atoms. The zero-order chi connectivity index (χ0) is 13.9. The molecule has 0 aliphatic heterocycles. The molecule has 1 aromatic rings. The lowest BCUT2D eigenvalue weighted by molar-refractivity contribution is -0.125. The SMILES string of the molecule is C=CC(=O)N(C/C=N\OCc1ccccc1)CCO. The highest BCUT2D eigenvalue weighted by atomic mass is 16.6. The van der Waals surface area contributed by atoms with Crippen molar-refractivity contribution in [2.75, 3.05) is 19.7 Å². The summed E-state index contributed by atoms with van der Waals surface area (Å²) in [7, 11) is 0. The standard InChI is InChI=1S/C14H18N2O3/c1-2-14(18)16(10-11-17)9-8-15-19-12-13-6-4-3-5-7-13/h2-8,17H,1,9-12H2/b15-8-. The summed E-state index contributed by atoms with van der Waals surface area (Å²) in [6, 6.07) is 9.66. The first-order chi connectivity index (χ1) is 9.27. The lowest BCUT2D eigenvalue weighted by Crippen LogP contribution is -2.33. The quantitative estimate of drug-likeness (QED) is 0.435. The van der Waals surface area contributed by atoms with Crippen LogP contribution >= 0.6 is 0 Å². The molecule has 0 saturated heterocycles. The zero-order valence-corrected chi connectivity index (χ0v) is 10.7. The van der Waals surface area contributed by atoms with Gasteiger partial charge in [-0.1, -0.05) is 42.1 Å². The molecule has 1 N–H and O–H groups in total. The predicted molar refractivity (Wildman–Crippen MR) is 73.6 cm³/mol. The predicted octanol–water partition coefficient (Wildman–Crippen LogP) is 1.20. The maximum absolute atomic E-state index is 11.4. The summed E-state index contributed by atoms with van der Waals surface area (Å²) in [5.41, 5.74) is 1.02. The summed E-state index contributed by atoms with van der Waals surface area (Å²) < 4.78 is 0. The first kappa shape index (κ1) is 14.9. The van der Waals surface area contributed by atoms with Crippen molar-refractivity contribution in [2.24, 2.45) is 5.16 Å². The fourth-order valence-corrected chi connectivity index (χ4v) is 1.41. The van der Waals surface area contributed by atoms with Crippen LogP contribution in [-0.4, -0.2) is 41.8 Å². The van der Waals surface area contributed by atoms with Crippen LogP contribution in [0.2, 0.25) is 0 Å². The normalized spacial score (nSPS) is 10.4. The number of oxime groups is 1. The molecule has 1 amide bonds. The molecule has 0 radical (unpaired) electrons. The van der Waals surface area contributed by atoms with Crippen molar-refractivity contribution in [1.29, 1.82) is 0 Å². The maximum atomic E-state index is 11.4. The van der Waals surface area contributed by atoms with Crippen LogP contribution in [0.15, 0.2) is 48.1 Å². The Kier molecular flexibility index (Phi) is 6.97. The molecule has 0 aromatic heterocycles. The molecule has 0 fully saturated rings. The van der Waals surface area contributed by atoms with E-state index in [9.17, 15) is 4.79 Å².